The van der Waals surface area contributed by atoms with Gasteiger partial charge in [0.05, 0.1) is 6.61 Å². The second-order valence-corrected chi connectivity index (χ2v) is 3.81. The molecule has 0 spiro atoms. The average molecular weight is 188 g/mol. The zero-order valence-corrected chi connectivity index (χ0v) is 9.07. The molecule has 0 unspecified atom stereocenters. The number of thiol groups is 1. The van der Waals surface area contributed by atoms with Gasteiger partial charge < -0.3 is 4.74 Å². The molecule has 12 heavy (non-hydrogen) atoms. The van der Waals surface area contributed by atoms with Gasteiger partial charge in [-0.2, -0.15) is 12.6 Å². The second-order valence-electron chi connectivity index (χ2n) is 3.50. The van der Waals surface area contributed by atoms with E-state index in [-0.39, 0.29) is 0 Å². The van der Waals surface area contributed by atoms with Gasteiger partial charge in [0.15, 0.2) is 0 Å². The lowest BCUT2D eigenvalue weighted by atomic mass is 10.1. The molecule has 0 fully saturated rings. The van der Waals surface area contributed by atoms with Gasteiger partial charge in [-0.15, -0.1) is 0 Å². The first-order chi connectivity index (χ1) is 5.66. The van der Waals surface area contributed by atoms with Gasteiger partial charge in [-0.1, -0.05) is 20.4 Å². The van der Waals surface area contributed by atoms with Crippen molar-refractivity contribution in [2.45, 2.75) is 26.7 Å². The Morgan fingerprint density at radius 1 is 1.50 bits per heavy atom. The molecule has 0 aromatic heterocycles. The Hall–Kier alpha value is 0.0500. The molecule has 0 rings (SSSR count). The molecule has 2 heteroatoms. The third-order valence-corrected chi connectivity index (χ3v) is 2.05. The van der Waals surface area contributed by atoms with Gasteiger partial charge in [0.2, 0.25) is 0 Å². The summed E-state index contributed by atoms with van der Waals surface area (Å²) < 4.78 is 5.39. The van der Waals surface area contributed by atoms with E-state index in [9.17, 15) is 0 Å². The molecule has 0 N–H and O–H groups in total. The first kappa shape index (κ1) is 12.0. The Morgan fingerprint density at radius 2 is 2.17 bits per heavy atom. The van der Waals surface area contributed by atoms with Crippen LogP contribution in [-0.2, 0) is 4.74 Å². The topological polar surface area (TPSA) is 9.23 Å². The Labute approximate surface area is 81.6 Å². The van der Waals surface area contributed by atoms with Crippen LogP contribution in [0.1, 0.15) is 26.7 Å². The summed E-state index contributed by atoms with van der Waals surface area (Å²) in [6.45, 7) is 9.78. The fourth-order valence-corrected chi connectivity index (χ4v) is 0.947. The van der Waals surface area contributed by atoms with E-state index in [0.717, 1.165) is 30.3 Å². The summed E-state index contributed by atoms with van der Waals surface area (Å²) in [5.41, 5.74) is 1.06. The molecule has 0 saturated heterocycles. The van der Waals surface area contributed by atoms with E-state index in [1.807, 2.05) is 0 Å². The Morgan fingerprint density at radius 3 is 2.67 bits per heavy atom. The Balaban J connectivity index is 3.05. The third-order valence-electron chi connectivity index (χ3n) is 1.60. The summed E-state index contributed by atoms with van der Waals surface area (Å²) in [4.78, 5) is 0. The largest absolute Gasteiger partial charge is 0.377 e. The summed E-state index contributed by atoms with van der Waals surface area (Å²) in [5.74, 6) is 1.51. The van der Waals surface area contributed by atoms with Gasteiger partial charge in [0.25, 0.3) is 0 Å². The Bertz CT molecular complexity index is 121. The lowest BCUT2D eigenvalue weighted by Crippen LogP contribution is -2.01. The zero-order valence-electron chi connectivity index (χ0n) is 8.18. The van der Waals surface area contributed by atoms with Gasteiger partial charge in [-0.3, -0.25) is 0 Å². The van der Waals surface area contributed by atoms with Crippen molar-refractivity contribution in [1.29, 1.82) is 0 Å². The van der Waals surface area contributed by atoms with Crippen LogP contribution in [0.3, 0.4) is 0 Å². The smallest absolute Gasteiger partial charge is 0.0682 e. The highest BCUT2D eigenvalue weighted by atomic mass is 32.1. The molecular weight excluding hydrogens is 168 g/mol. The standard InChI is InChI=1S/C10H20OS/c1-9(2)5-4-6-11-7-10(3)8-12/h9,12H,3-8H2,1-2H3. The van der Waals surface area contributed by atoms with Crippen molar-refractivity contribution >= 4 is 12.6 Å². The van der Waals surface area contributed by atoms with Crippen LogP contribution in [0.25, 0.3) is 0 Å². The van der Waals surface area contributed by atoms with Crippen LogP contribution in [0.15, 0.2) is 12.2 Å². The molecule has 0 amide bonds. The average Bonchev–Trinajstić information content (AvgIpc) is 2.03. The molecule has 0 aliphatic rings. The fraction of sp³-hybridized carbons (Fsp3) is 0.800. The van der Waals surface area contributed by atoms with Gasteiger partial charge in [-0.25, -0.2) is 0 Å². The zero-order chi connectivity index (χ0) is 9.40. The number of hydrogen-bond donors (Lipinski definition) is 1. The maximum Gasteiger partial charge on any atom is 0.0682 e. The highest BCUT2D eigenvalue weighted by Gasteiger charge is 1.94. The molecule has 0 saturated carbocycles. The first-order valence-corrected chi connectivity index (χ1v) is 5.15. The first-order valence-electron chi connectivity index (χ1n) is 4.52. The monoisotopic (exact) mass is 188 g/mol. The molecule has 0 aliphatic carbocycles. The Kier molecular flexibility index (Phi) is 7.72. The second kappa shape index (κ2) is 7.69. The van der Waals surface area contributed by atoms with Crippen molar-refractivity contribution in [3.8, 4) is 0 Å². The molecular formula is C10H20OS. The quantitative estimate of drug-likeness (QED) is 0.367. The summed E-state index contributed by atoms with van der Waals surface area (Å²) in [6, 6.07) is 0. The van der Waals surface area contributed by atoms with Crippen molar-refractivity contribution in [2.75, 3.05) is 19.0 Å². The SMILES string of the molecule is C=C(CS)COCCCC(C)C. The van der Waals surface area contributed by atoms with Crippen molar-refractivity contribution < 1.29 is 4.74 Å². The minimum absolute atomic E-state index is 0.668. The molecule has 0 bridgehead atoms. The summed E-state index contributed by atoms with van der Waals surface area (Å²) >= 11 is 4.09. The number of hydrogen-bond acceptors (Lipinski definition) is 2. The van der Waals surface area contributed by atoms with Crippen LogP contribution in [0.5, 0.6) is 0 Å². The van der Waals surface area contributed by atoms with Crippen LogP contribution in [-0.4, -0.2) is 19.0 Å². The molecule has 0 aromatic rings. The predicted octanol–water partition coefficient (Wildman–Crippen LogP) is 2.93. The van der Waals surface area contributed by atoms with Crippen molar-refractivity contribution in [2.24, 2.45) is 5.92 Å². The van der Waals surface area contributed by atoms with Crippen LogP contribution in [0.4, 0.5) is 0 Å². The number of rotatable bonds is 7. The van der Waals surface area contributed by atoms with Gasteiger partial charge >= 0.3 is 0 Å². The molecule has 0 heterocycles. The van der Waals surface area contributed by atoms with Gasteiger partial charge in [0.1, 0.15) is 0 Å². The van der Waals surface area contributed by atoms with Crippen LogP contribution in [0.2, 0.25) is 0 Å². The minimum Gasteiger partial charge on any atom is -0.377 e. The summed E-state index contributed by atoms with van der Waals surface area (Å²) in [5, 5.41) is 0. The maximum atomic E-state index is 5.39. The van der Waals surface area contributed by atoms with E-state index in [1.165, 1.54) is 6.42 Å². The van der Waals surface area contributed by atoms with E-state index in [0.29, 0.717) is 6.61 Å². The molecule has 0 aliphatic heterocycles. The lowest BCUT2D eigenvalue weighted by molar-refractivity contribution is 0.149. The molecule has 1 nitrogen and oxygen atoms in total. The highest BCUT2D eigenvalue weighted by Crippen LogP contribution is 2.03. The normalized spacial score (nSPS) is 10.7. The molecule has 0 radical (unpaired) electrons. The van der Waals surface area contributed by atoms with E-state index < -0.39 is 0 Å². The predicted molar refractivity (Wildman–Crippen MR) is 57.9 cm³/mol. The van der Waals surface area contributed by atoms with Crippen LogP contribution >= 0.6 is 12.6 Å². The van der Waals surface area contributed by atoms with E-state index in [2.05, 4.69) is 33.1 Å². The maximum absolute atomic E-state index is 5.39. The lowest BCUT2D eigenvalue weighted by Gasteiger charge is -2.06. The van der Waals surface area contributed by atoms with E-state index >= 15 is 0 Å². The van der Waals surface area contributed by atoms with Crippen molar-refractivity contribution in [3.05, 3.63) is 12.2 Å². The van der Waals surface area contributed by atoms with E-state index in [4.69, 9.17) is 4.74 Å². The van der Waals surface area contributed by atoms with Crippen molar-refractivity contribution in [3.63, 3.8) is 0 Å². The fourth-order valence-electron chi connectivity index (χ4n) is 0.856. The molecule has 0 atom stereocenters. The minimum atomic E-state index is 0.668. The van der Waals surface area contributed by atoms with Crippen molar-refractivity contribution in [1.82, 2.24) is 0 Å². The summed E-state index contributed by atoms with van der Waals surface area (Å²) in [6.07, 6.45) is 2.39. The molecule has 72 valence electrons. The molecule has 0 aromatic carbocycles. The summed E-state index contributed by atoms with van der Waals surface area (Å²) in [7, 11) is 0. The van der Waals surface area contributed by atoms with E-state index in [1.54, 1.807) is 0 Å². The number of ether oxygens (including phenoxy) is 1. The van der Waals surface area contributed by atoms with Gasteiger partial charge in [0, 0.05) is 12.4 Å². The van der Waals surface area contributed by atoms with Crippen LogP contribution < -0.4 is 0 Å². The highest BCUT2D eigenvalue weighted by molar-refractivity contribution is 7.80. The third kappa shape index (κ3) is 8.15. The van der Waals surface area contributed by atoms with Crippen LogP contribution in [0, 0.1) is 5.92 Å². The van der Waals surface area contributed by atoms with Gasteiger partial charge in [-0.05, 0) is 24.3 Å².